The molecule has 2 aliphatic rings. The molecule has 2 N–H and O–H groups in total. The van der Waals surface area contributed by atoms with E-state index in [9.17, 15) is 9.59 Å². The Morgan fingerprint density at radius 2 is 1.87 bits per heavy atom. The average Bonchev–Trinajstić information content (AvgIpc) is 3.46. The second kappa shape index (κ2) is 5.08. The summed E-state index contributed by atoms with van der Waals surface area (Å²) in [5.74, 6) is -0.568. The van der Waals surface area contributed by atoms with Crippen LogP contribution in [0.5, 0.6) is 0 Å². The Kier molecular flexibility index (Phi) is 3.15. The van der Waals surface area contributed by atoms with E-state index >= 15 is 0 Å². The van der Waals surface area contributed by atoms with Crippen molar-refractivity contribution >= 4 is 22.6 Å². The zero-order valence-corrected chi connectivity index (χ0v) is 12.8. The summed E-state index contributed by atoms with van der Waals surface area (Å²) in [5.41, 5.74) is 0.530. The zero-order chi connectivity index (χ0) is 16.0. The molecule has 0 radical (unpaired) electrons. The summed E-state index contributed by atoms with van der Waals surface area (Å²) < 4.78 is 0. The Hall–Kier alpha value is -2.36. The lowest BCUT2D eigenvalue weighted by Crippen LogP contribution is -2.35. The first-order chi connectivity index (χ1) is 11.1. The number of carbonyl (C=O) groups is 2. The molecule has 0 saturated heterocycles. The summed E-state index contributed by atoms with van der Waals surface area (Å²) in [6, 6.07) is 14.4. The van der Waals surface area contributed by atoms with E-state index in [-0.39, 0.29) is 24.3 Å². The zero-order valence-electron chi connectivity index (χ0n) is 12.8. The molecule has 2 saturated carbocycles. The molecular weight excluding hydrogens is 290 g/mol. The second-order valence-corrected chi connectivity index (χ2v) is 6.82. The molecule has 4 rings (SSSR count). The predicted molar refractivity (Wildman–Crippen MR) is 87.1 cm³/mol. The van der Waals surface area contributed by atoms with Gasteiger partial charge in [-0.25, -0.2) is 0 Å². The van der Waals surface area contributed by atoms with Crippen LogP contribution in [-0.4, -0.2) is 23.5 Å². The van der Waals surface area contributed by atoms with Gasteiger partial charge in [0.15, 0.2) is 0 Å². The average molecular weight is 309 g/mol. The molecule has 23 heavy (non-hydrogen) atoms. The van der Waals surface area contributed by atoms with E-state index in [0.717, 1.165) is 6.42 Å². The number of carbonyl (C=O) groups excluding carboxylic acids is 1. The Labute approximate surface area is 134 Å². The number of hydrogen-bond acceptors (Lipinski definition) is 2. The third-order valence-corrected chi connectivity index (χ3v) is 5.26. The molecule has 0 aliphatic heterocycles. The van der Waals surface area contributed by atoms with Crippen molar-refractivity contribution in [3.63, 3.8) is 0 Å². The Morgan fingerprint density at radius 1 is 1.13 bits per heavy atom. The predicted octanol–water partition coefficient (Wildman–Crippen LogP) is 2.92. The first kappa shape index (κ1) is 14.2. The van der Waals surface area contributed by atoms with Crippen molar-refractivity contribution in [2.45, 2.75) is 25.2 Å². The van der Waals surface area contributed by atoms with Gasteiger partial charge in [0.2, 0.25) is 5.91 Å². The highest BCUT2D eigenvalue weighted by molar-refractivity contribution is 5.90. The molecule has 0 spiro atoms. The molecule has 0 heterocycles. The maximum Gasteiger partial charge on any atom is 0.311 e. The highest BCUT2D eigenvalue weighted by Gasteiger charge is 2.51. The summed E-state index contributed by atoms with van der Waals surface area (Å²) in [6.07, 6.45) is 2.18. The smallest absolute Gasteiger partial charge is 0.311 e. The van der Waals surface area contributed by atoms with Crippen molar-refractivity contribution < 1.29 is 14.7 Å². The van der Waals surface area contributed by atoms with Crippen LogP contribution in [0.4, 0.5) is 0 Å². The van der Waals surface area contributed by atoms with Crippen LogP contribution in [0.15, 0.2) is 42.5 Å². The van der Waals surface area contributed by atoms with Crippen LogP contribution in [-0.2, 0) is 9.59 Å². The van der Waals surface area contributed by atoms with Gasteiger partial charge in [-0.15, -0.1) is 0 Å². The third-order valence-electron chi connectivity index (χ3n) is 5.26. The van der Waals surface area contributed by atoms with Crippen LogP contribution in [0.3, 0.4) is 0 Å². The van der Waals surface area contributed by atoms with E-state index < -0.39 is 11.4 Å². The van der Waals surface area contributed by atoms with Crippen LogP contribution in [0.1, 0.15) is 30.7 Å². The van der Waals surface area contributed by atoms with Crippen LogP contribution in [0.2, 0.25) is 0 Å². The first-order valence-corrected chi connectivity index (χ1v) is 8.09. The molecule has 0 aromatic heterocycles. The van der Waals surface area contributed by atoms with Gasteiger partial charge in [-0.3, -0.25) is 9.59 Å². The van der Waals surface area contributed by atoms with Gasteiger partial charge in [0.05, 0.1) is 5.41 Å². The molecule has 0 bridgehead atoms. The Bertz CT molecular complexity index is 789. The van der Waals surface area contributed by atoms with Crippen molar-refractivity contribution in [1.29, 1.82) is 0 Å². The van der Waals surface area contributed by atoms with Gasteiger partial charge in [0.25, 0.3) is 0 Å². The molecule has 2 fully saturated rings. The lowest BCUT2D eigenvalue weighted by Gasteiger charge is -2.11. The fourth-order valence-corrected chi connectivity index (χ4v) is 3.41. The second-order valence-electron chi connectivity index (χ2n) is 6.82. The Morgan fingerprint density at radius 3 is 2.61 bits per heavy atom. The maximum absolute atomic E-state index is 12.3. The largest absolute Gasteiger partial charge is 0.481 e. The minimum atomic E-state index is -0.792. The molecular formula is C19H19NO3. The van der Waals surface area contributed by atoms with E-state index in [1.807, 2.05) is 18.2 Å². The van der Waals surface area contributed by atoms with Crippen molar-refractivity contribution in [2.75, 3.05) is 6.54 Å². The van der Waals surface area contributed by atoms with Gasteiger partial charge in [-0.1, -0.05) is 42.5 Å². The van der Waals surface area contributed by atoms with Crippen LogP contribution in [0.25, 0.3) is 10.8 Å². The minimum Gasteiger partial charge on any atom is -0.481 e. The summed E-state index contributed by atoms with van der Waals surface area (Å²) in [4.78, 5) is 23.5. The molecule has 1 amide bonds. The third kappa shape index (κ3) is 2.48. The summed E-state index contributed by atoms with van der Waals surface area (Å²) >= 11 is 0. The quantitative estimate of drug-likeness (QED) is 0.892. The molecule has 2 unspecified atom stereocenters. The van der Waals surface area contributed by atoms with E-state index in [4.69, 9.17) is 5.11 Å². The van der Waals surface area contributed by atoms with Crippen molar-refractivity contribution in [3.05, 3.63) is 48.0 Å². The topological polar surface area (TPSA) is 66.4 Å². The van der Waals surface area contributed by atoms with Crippen molar-refractivity contribution in [2.24, 2.45) is 11.3 Å². The Balaban J connectivity index is 1.45. The van der Waals surface area contributed by atoms with Gasteiger partial charge in [0, 0.05) is 12.5 Å². The van der Waals surface area contributed by atoms with Gasteiger partial charge in [0.1, 0.15) is 0 Å². The fraction of sp³-hybridized carbons (Fsp3) is 0.368. The van der Waals surface area contributed by atoms with Crippen molar-refractivity contribution in [1.82, 2.24) is 5.32 Å². The highest BCUT2D eigenvalue weighted by Crippen LogP contribution is 2.50. The van der Waals surface area contributed by atoms with Gasteiger partial charge < -0.3 is 10.4 Å². The normalized spacial score (nSPS) is 24.2. The number of carboxylic acid groups (broad SMARTS) is 1. The van der Waals surface area contributed by atoms with Crippen LogP contribution < -0.4 is 5.32 Å². The highest BCUT2D eigenvalue weighted by atomic mass is 16.4. The summed E-state index contributed by atoms with van der Waals surface area (Å²) in [6.45, 7) is 0.264. The lowest BCUT2D eigenvalue weighted by atomic mass is 10.00. The minimum absolute atomic E-state index is 0.00420. The summed E-state index contributed by atoms with van der Waals surface area (Å²) in [7, 11) is 0. The van der Waals surface area contributed by atoms with E-state index in [2.05, 4.69) is 29.6 Å². The maximum atomic E-state index is 12.3. The number of nitrogens with one attached hydrogen (secondary N) is 1. The fourth-order valence-electron chi connectivity index (χ4n) is 3.41. The number of rotatable bonds is 5. The number of fused-ring (bicyclic) bond motifs is 1. The number of aliphatic carboxylic acids is 1. The van der Waals surface area contributed by atoms with Crippen molar-refractivity contribution in [3.8, 4) is 0 Å². The molecule has 2 aromatic rings. The van der Waals surface area contributed by atoms with Crippen LogP contribution in [0, 0.1) is 11.3 Å². The van der Waals surface area contributed by atoms with E-state index in [1.54, 1.807) is 0 Å². The molecule has 4 nitrogen and oxygen atoms in total. The molecule has 4 heteroatoms. The van der Waals surface area contributed by atoms with Gasteiger partial charge in [-0.05, 0) is 41.5 Å². The molecule has 2 aliphatic carbocycles. The molecule has 118 valence electrons. The first-order valence-electron chi connectivity index (χ1n) is 8.09. The number of hydrogen-bond donors (Lipinski definition) is 2. The monoisotopic (exact) mass is 309 g/mol. The number of amides is 1. The molecule has 2 atom stereocenters. The van der Waals surface area contributed by atoms with E-state index in [0.29, 0.717) is 12.8 Å². The van der Waals surface area contributed by atoms with Crippen LogP contribution >= 0.6 is 0 Å². The number of carboxylic acids is 1. The lowest BCUT2D eigenvalue weighted by molar-refractivity contribution is -0.143. The van der Waals surface area contributed by atoms with Gasteiger partial charge in [-0.2, -0.15) is 0 Å². The van der Waals surface area contributed by atoms with E-state index in [1.165, 1.54) is 16.3 Å². The standard InChI is InChI=1S/C19H19NO3/c21-17(20-11-19(8-9-19)18(22)23)16-10-15(16)14-7-3-5-12-4-1-2-6-13(12)14/h1-7,15-16H,8-11H2,(H,20,21)(H,22,23). The molecule has 2 aromatic carbocycles. The number of benzene rings is 2. The SMILES string of the molecule is O=C(NCC1(C(=O)O)CC1)C1CC1c1cccc2ccccc12. The van der Waals surface area contributed by atoms with Gasteiger partial charge >= 0.3 is 5.97 Å². The summed E-state index contributed by atoms with van der Waals surface area (Å²) in [5, 5.41) is 14.4.